The van der Waals surface area contributed by atoms with Crippen molar-refractivity contribution in [2.75, 3.05) is 19.3 Å². The van der Waals surface area contributed by atoms with E-state index in [2.05, 4.69) is 57.1 Å². The molecule has 2 N–H and O–H groups in total. The monoisotopic (exact) mass is 319 g/mol. The van der Waals surface area contributed by atoms with Gasteiger partial charge >= 0.3 is 0 Å². The van der Waals surface area contributed by atoms with Crippen molar-refractivity contribution in [1.82, 2.24) is 9.88 Å². The number of hydrogen-bond acceptors (Lipinski definition) is 3. The van der Waals surface area contributed by atoms with Crippen LogP contribution in [0.3, 0.4) is 0 Å². The molecule has 1 aromatic carbocycles. The van der Waals surface area contributed by atoms with Gasteiger partial charge in [0.05, 0.1) is 0 Å². The maximum atomic E-state index is 5.79. The molecule has 0 atom stereocenters. The Balaban J connectivity index is 1.87. The molecule has 0 unspecified atom stereocenters. The minimum absolute atomic E-state index is 0.781. The highest BCUT2D eigenvalue weighted by molar-refractivity contribution is 9.10. The Morgan fingerprint density at radius 1 is 1.16 bits per heavy atom. The van der Waals surface area contributed by atoms with Gasteiger partial charge in [0.2, 0.25) is 0 Å². The largest absolute Gasteiger partial charge is 0.398 e. The topological polar surface area (TPSA) is 42.2 Å². The molecule has 0 spiro atoms. The second-order valence-corrected chi connectivity index (χ2v) is 5.55. The summed E-state index contributed by atoms with van der Waals surface area (Å²) in [6.45, 7) is 1.94. The Kier molecular flexibility index (Phi) is 4.93. The zero-order valence-corrected chi connectivity index (χ0v) is 12.6. The van der Waals surface area contributed by atoms with Crippen molar-refractivity contribution in [1.29, 1.82) is 0 Å². The second kappa shape index (κ2) is 6.68. The molecule has 2 aromatic rings. The molecule has 0 saturated carbocycles. The van der Waals surface area contributed by atoms with E-state index in [9.17, 15) is 0 Å². The maximum Gasteiger partial charge on any atom is 0.0458 e. The van der Waals surface area contributed by atoms with Crippen LogP contribution in [0.4, 0.5) is 5.69 Å². The fourth-order valence-electron chi connectivity index (χ4n) is 1.93. The highest BCUT2D eigenvalue weighted by Crippen LogP contribution is 2.21. The molecule has 4 heteroatoms. The van der Waals surface area contributed by atoms with E-state index in [-0.39, 0.29) is 0 Å². The van der Waals surface area contributed by atoms with Gasteiger partial charge in [-0.25, -0.2) is 0 Å². The van der Waals surface area contributed by atoms with Crippen LogP contribution in [0.2, 0.25) is 0 Å². The molecule has 2 rings (SSSR count). The van der Waals surface area contributed by atoms with Gasteiger partial charge in [-0.1, -0.05) is 6.07 Å². The summed E-state index contributed by atoms with van der Waals surface area (Å²) in [6, 6.07) is 10.2. The van der Waals surface area contributed by atoms with Crippen molar-refractivity contribution in [2.24, 2.45) is 0 Å². The average molecular weight is 320 g/mol. The maximum absolute atomic E-state index is 5.79. The molecule has 0 radical (unpaired) electrons. The number of anilines is 1. The standard InChI is InChI=1S/C15H18BrN3/c1-19(9-6-12-4-7-18-8-5-12)11-13-2-3-15(17)14(16)10-13/h2-5,7-8,10H,6,9,11,17H2,1H3. The van der Waals surface area contributed by atoms with Crippen LogP contribution in [0.25, 0.3) is 0 Å². The van der Waals surface area contributed by atoms with Gasteiger partial charge in [0.25, 0.3) is 0 Å². The van der Waals surface area contributed by atoms with E-state index in [0.29, 0.717) is 0 Å². The summed E-state index contributed by atoms with van der Waals surface area (Å²) in [6.07, 6.45) is 4.72. The fraction of sp³-hybridized carbons (Fsp3) is 0.267. The summed E-state index contributed by atoms with van der Waals surface area (Å²) < 4.78 is 0.965. The van der Waals surface area contributed by atoms with Crippen molar-refractivity contribution in [3.05, 3.63) is 58.3 Å². The van der Waals surface area contributed by atoms with Crippen LogP contribution in [0, 0.1) is 0 Å². The summed E-state index contributed by atoms with van der Waals surface area (Å²) >= 11 is 3.46. The molecule has 100 valence electrons. The molecule has 0 saturated heterocycles. The Morgan fingerprint density at radius 2 is 1.89 bits per heavy atom. The first kappa shape index (κ1) is 14.0. The number of nitrogens with zero attached hydrogens (tertiary/aromatic N) is 2. The number of halogens is 1. The second-order valence-electron chi connectivity index (χ2n) is 4.70. The fourth-order valence-corrected chi connectivity index (χ4v) is 2.36. The van der Waals surface area contributed by atoms with Crippen LogP contribution in [0.1, 0.15) is 11.1 Å². The lowest BCUT2D eigenvalue weighted by atomic mass is 10.1. The van der Waals surface area contributed by atoms with Gasteiger partial charge in [-0.05, 0) is 64.8 Å². The Hall–Kier alpha value is -1.39. The van der Waals surface area contributed by atoms with Gasteiger partial charge in [0, 0.05) is 35.6 Å². The Bertz CT molecular complexity index is 528. The molecule has 0 aliphatic rings. The zero-order valence-electron chi connectivity index (χ0n) is 11.0. The van der Waals surface area contributed by atoms with Crippen molar-refractivity contribution < 1.29 is 0 Å². The third-order valence-electron chi connectivity index (χ3n) is 3.05. The average Bonchev–Trinajstić information content (AvgIpc) is 2.42. The summed E-state index contributed by atoms with van der Waals surface area (Å²) in [4.78, 5) is 6.33. The summed E-state index contributed by atoms with van der Waals surface area (Å²) in [5, 5.41) is 0. The SMILES string of the molecule is CN(CCc1ccncc1)Cc1ccc(N)c(Br)c1. The normalized spacial score (nSPS) is 10.9. The number of hydrogen-bond donors (Lipinski definition) is 1. The van der Waals surface area contributed by atoms with Crippen molar-refractivity contribution >= 4 is 21.6 Å². The molecule has 0 fully saturated rings. The van der Waals surface area contributed by atoms with Crippen LogP contribution in [0.5, 0.6) is 0 Å². The number of rotatable bonds is 5. The van der Waals surface area contributed by atoms with E-state index in [4.69, 9.17) is 5.73 Å². The first-order chi connectivity index (χ1) is 9.15. The zero-order chi connectivity index (χ0) is 13.7. The third kappa shape index (κ3) is 4.33. The number of nitrogens with two attached hydrogens (primary N) is 1. The molecule has 0 amide bonds. The van der Waals surface area contributed by atoms with E-state index >= 15 is 0 Å². The third-order valence-corrected chi connectivity index (χ3v) is 3.74. The molecule has 19 heavy (non-hydrogen) atoms. The van der Waals surface area contributed by atoms with Crippen molar-refractivity contribution in [3.63, 3.8) is 0 Å². The highest BCUT2D eigenvalue weighted by Gasteiger charge is 2.03. The first-order valence-electron chi connectivity index (χ1n) is 6.26. The lowest BCUT2D eigenvalue weighted by molar-refractivity contribution is 0.331. The Morgan fingerprint density at radius 3 is 2.58 bits per heavy atom. The van der Waals surface area contributed by atoms with E-state index in [1.165, 1.54) is 11.1 Å². The van der Waals surface area contributed by atoms with Crippen LogP contribution < -0.4 is 5.73 Å². The summed E-state index contributed by atoms with van der Waals surface area (Å²) in [5.41, 5.74) is 9.15. The lowest BCUT2D eigenvalue weighted by Crippen LogP contribution is -2.20. The van der Waals surface area contributed by atoms with E-state index in [1.54, 1.807) is 0 Å². The summed E-state index contributed by atoms with van der Waals surface area (Å²) in [5.74, 6) is 0. The van der Waals surface area contributed by atoms with Gasteiger partial charge < -0.3 is 10.6 Å². The van der Waals surface area contributed by atoms with Crippen LogP contribution in [-0.4, -0.2) is 23.5 Å². The molecule has 0 aliphatic heterocycles. The van der Waals surface area contributed by atoms with Gasteiger partial charge in [0.1, 0.15) is 0 Å². The van der Waals surface area contributed by atoms with Crippen molar-refractivity contribution in [2.45, 2.75) is 13.0 Å². The van der Waals surface area contributed by atoms with Crippen LogP contribution in [-0.2, 0) is 13.0 Å². The van der Waals surface area contributed by atoms with Crippen LogP contribution >= 0.6 is 15.9 Å². The molecule has 0 aliphatic carbocycles. The summed E-state index contributed by atoms with van der Waals surface area (Å²) in [7, 11) is 2.13. The number of nitrogen functional groups attached to an aromatic ring is 1. The molecule has 3 nitrogen and oxygen atoms in total. The minimum Gasteiger partial charge on any atom is -0.398 e. The predicted octanol–water partition coefficient (Wildman–Crippen LogP) is 3.10. The lowest BCUT2D eigenvalue weighted by Gasteiger charge is -2.17. The molecule has 1 aromatic heterocycles. The van der Waals surface area contributed by atoms with Gasteiger partial charge in [0.15, 0.2) is 0 Å². The number of aromatic nitrogens is 1. The van der Waals surface area contributed by atoms with Gasteiger partial charge in [-0.15, -0.1) is 0 Å². The molecule has 0 bridgehead atoms. The van der Waals surface area contributed by atoms with Crippen molar-refractivity contribution in [3.8, 4) is 0 Å². The highest BCUT2D eigenvalue weighted by atomic mass is 79.9. The van der Waals surface area contributed by atoms with Gasteiger partial charge in [-0.3, -0.25) is 4.98 Å². The van der Waals surface area contributed by atoms with E-state index in [0.717, 1.165) is 29.7 Å². The Labute approximate surface area is 122 Å². The van der Waals surface area contributed by atoms with E-state index in [1.807, 2.05) is 18.5 Å². The van der Waals surface area contributed by atoms with E-state index < -0.39 is 0 Å². The number of likely N-dealkylation sites (N-methyl/N-ethyl adjacent to an activating group) is 1. The molecule has 1 heterocycles. The molecular formula is C15H18BrN3. The van der Waals surface area contributed by atoms with Crippen LogP contribution in [0.15, 0.2) is 47.2 Å². The quantitative estimate of drug-likeness (QED) is 0.861. The predicted molar refractivity (Wildman–Crippen MR) is 82.8 cm³/mol. The number of benzene rings is 1. The van der Waals surface area contributed by atoms with Gasteiger partial charge in [-0.2, -0.15) is 0 Å². The number of pyridine rings is 1. The smallest absolute Gasteiger partial charge is 0.0458 e. The minimum atomic E-state index is 0.781. The molecular weight excluding hydrogens is 302 g/mol. The first-order valence-corrected chi connectivity index (χ1v) is 7.06.